The third kappa shape index (κ3) is 3.55. The fourth-order valence-electron chi connectivity index (χ4n) is 1.67. The van der Waals surface area contributed by atoms with E-state index >= 15 is 0 Å². The molecule has 0 aromatic carbocycles. The molecule has 0 bridgehead atoms. The summed E-state index contributed by atoms with van der Waals surface area (Å²) < 4.78 is 5.28. The van der Waals surface area contributed by atoms with Crippen LogP contribution < -0.4 is 16.2 Å². The Morgan fingerprint density at radius 3 is 2.29 bits per heavy atom. The fourth-order valence-corrected chi connectivity index (χ4v) is 1.67. The van der Waals surface area contributed by atoms with Crippen molar-refractivity contribution in [3.05, 3.63) is 0 Å². The van der Waals surface area contributed by atoms with E-state index in [1.165, 1.54) is 0 Å². The minimum absolute atomic E-state index is 0.221. The maximum Gasteiger partial charge on any atom is 0.410 e. The number of rotatable bonds is 3. The molecule has 1 amide bonds. The van der Waals surface area contributed by atoms with Gasteiger partial charge >= 0.3 is 6.09 Å². The smallest absolute Gasteiger partial charge is 0.410 e. The molecule has 17 heavy (non-hydrogen) atoms. The number of likely N-dealkylation sites (tertiary alicyclic amines) is 1. The first-order valence-electron chi connectivity index (χ1n) is 6.14. The topological polar surface area (TPSA) is 65.6 Å². The zero-order valence-corrected chi connectivity index (χ0v) is 10.7. The van der Waals surface area contributed by atoms with Gasteiger partial charge in [-0.25, -0.2) is 4.79 Å². The molecule has 2 heterocycles. The SMILES string of the molecule is CC(C)(C)OC(=O)N1CC(NNC2CNC2)C1. The van der Waals surface area contributed by atoms with Gasteiger partial charge in [-0.1, -0.05) is 0 Å². The second-order valence-electron chi connectivity index (χ2n) is 5.73. The Balaban J connectivity index is 1.59. The van der Waals surface area contributed by atoms with Crippen LogP contribution >= 0.6 is 0 Å². The molecule has 0 saturated carbocycles. The lowest BCUT2D eigenvalue weighted by Crippen LogP contribution is -2.67. The largest absolute Gasteiger partial charge is 0.444 e. The zero-order valence-electron chi connectivity index (χ0n) is 10.7. The first kappa shape index (κ1) is 12.6. The van der Waals surface area contributed by atoms with Crippen molar-refractivity contribution in [3.8, 4) is 0 Å². The Bertz CT molecular complexity index is 280. The highest BCUT2D eigenvalue weighted by atomic mass is 16.6. The number of carbonyl (C=O) groups excluding carboxylic acids is 1. The normalized spacial score (nSPS) is 21.9. The fraction of sp³-hybridized carbons (Fsp3) is 0.909. The van der Waals surface area contributed by atoms with E-state index < -0.39 is 5.60 Å². The van der Waals surface area contributed by atoms with Crippen molar-refractivity contribution in [2.24, 2.45) is 0 Å². The molecule has 6 nitrogen and oxygen atoms in total. The molecular formula is C11H22N4O2. The molecule has 2 aliphatic rings. The highest BCUT2D eigenvalue weighted by molar-refractivity contribution is 5.69. The number of carbonyl (C=O) groups is 1. The highest BCUT2D eigenvalue weighted by Crippen LogP contribution is 2.14. The summed E-state index contributed by atoms with van der Waals surface area (Å²) >= 11 is 0. The molecule has 0 unspecified atom stereocenters. The van der Waals surface area contributed by atoms with Gasteiger partial charge in [-0.2, -0.15) is 0 Å². The van der Waals surface area contributed by atoms with Crippen molar-refractivity contribution in [2.45, 2.75) is 38.5 Å². The van der Waals surface area contributed by atoms with Crippen molar-refractivity contribution in [2.75, 3.05) is 26.2 Å². The summed E-state index contributed by atoms with van der Waals surface area (Å²) in [5.41, 5.74) is 6.06. The third-order valence-corrected chi connectivity index (χ3v) is 2.81. The molecule has 0 aromatic rings. The predicted octanol–water partition coefficient (Wildman–Crippen LogP) is -0.328. The van der Waals surface area contributed by atoms with Crippen LogP contribution in [0, 0.1) is 0 Å². The molecule has 0 spiro atoms. The average molecular weight is 242 g/mol. The summed E-state index contributed by atoms with van der Waals surface area (Å²) in [5.74, 6) is 0. The van der Waals surface area contributed by atoms with Crippen LogP contribution in [0.15, 0.2) is 0 Å². The number of hydrazine groups is 1. The van der Waals surface area contributed by atoms with Crippen LogP contribution in [0.1, 0.15) is 20.8 Å². The van der Waals surface area contributed by atoms with Gasteiger partial charge in [-0.05, 0) is 20.8 Å². The van der Waals surface area contributed by atoms with Crippen LogP contribution in [-0.2, 0) is 4.74 Å². The van der Waals surface area contributed by atoms with E-state index in [1.807, 2.05) is 20.8 Å². The number of ether oxygens (including phenoxy) is 1. The molecule has 0 aliphatic carbocycles. The van der Waals surface area contributed by atoms with Crippen LogP contribution in [0.3, 0.4) is 0 Å². The summed E-state index contributed by atoms with van der Waals surface area (Å²) in [5, 5.41) is 3.19. The molecule has 2 fully saturated rings. The van der Waals surface area contributed by atoms with Gasteiger partial charge in [0, 0.05) is 32.2 Å². The quantitative estimate of drug-likeness (QED) is 0.592. The van der Waals surface area contributed by atoms with Crippen LogP contribution in [0.4, 0.5) is 4.79 Å². The molecule has 2 rings (SSSR count). The summed E-state index contributed by atoms with van der Waals surface area (Å²) in [6.07, 6.45) is -0.221. The van der Waals surface area contributed by atoms with E-state index in [0.29, 0.717) is 25.2 Å². The van der Waals surface area contributed by atoms with Gasteiger partial charge in [-0.3, -0.25) is 10.9 Å². The number of amides is 1. The number of nitrogens with zero attached hydrogens (tertiary/aromatic N) is 1. The van der Waals surface area contributed by atoms with Crippen molar-refractivity contribution in [1.29, 1.82) is 0 Å². The molecule has 0 atom stereocenters. The summed E-state index contributed by atoms with van der Waals surface area (Å²) in [6, 6.07) is 0.855. The summed E-state index contributed by atoms with van der Waals surface area (Å²) in [6.45, 7) is 9.08. The van der Waals surface area contributed by atoms with Gasteiger partial charge < -0.3 is 15.0 Å². The first-order chi connectivity index (χ1) is 7.94. The standard InChI is InChI=1S/C11H22N4O2/c1-11(2,3)17-10(16)15-6-9(7-15)14-13-8-4-12-5-8/h8-9,12-14H,4-7H2,1-3H3. The van der Waals surface area contributed by atoms with Gasteiger partial charge in [0.1, 0.15) is 5.60 Å². The van der Waals surface area contributed by atoms with Gasteiger partial charge in [-0.15, -0.1) is 0 Å². The van der Waals surface area contributed by atoms with E-state index in [-0.39, 0.29) is 6.09 Å². The van der Waals surface area contributed by atoms with E-state index in [2.05, 4.69) is 16.2 Å². The van der Waals surface area contributed by atoms with Gasteiger partial charge in [0.25, 0.3) is 0 Å². The van der Waals surface area contributed by atoms with E-state index in [4.69, 9.17) is 4.74 Å². The van der Waals surface area contributed by atoms with Crippen molar-refractivity contribution >= 4 is 6.09 Å². The lowest BCUT2D eigenvalue weighted by Gasteiger charge is -2.41. The molecular weight excluding hydrogens is 220 g/mol. The maximum atomic E-state index is 11.6. The average Bonchev–Trinajstić information content (AvgIpc) is 2.01. The van der Waals surface area contributed by atoms with E-state index in [0.717, 1.165) is 13.1 Å². The number of nitrogens with one attached hydrogen (secondary N) is 3. The van der Waals surface area contributed by atoms with Crippen molar-refractivity contribution in [3.63, 3.8) is 0 Å². The molecule has 3 N–H and O–H groups in total. The zero-order chi connectivity index (χ0) is 12.5. The molecule has 2 saturated heterocycles. The molecule has 2 aliphatic heterocycles. The van der Waals surface area contributed by atoms with Crippen molar-refractivity contribution in [1.82, 2.24) is 21.1 Å². The second kappa shape index (κ2) is 4.80. The van der Waals surface area contributed by atoms with Gasteiger partial charge in [0.2, 0.25) is 0 Å². The monoisotopic (exact) mass is 242 g/mol. The molecule has 98 valence electrons. The number of hydrogen-bond acceptors (Lipinski definition) is 5. The lowest BCUT2D eigenvalue weighted by atomic mass is 10.1. The highest BCUT2D eigenvalue weighted by Gasteiger charge is 2.34. The Kier molecular flexibility index (Phi) is 3.56. The minimum atomic E-state index is -0.411. The second-order valence-corrected chi connectivity index (χ2v) is 5.73. The van der Waals surface area contributed by atoms with E-state index in [1.54, 1.807) is 4.90 Å². The van der Waals surface area contributed by atoms with Crippen LogP contribution in [-0.4, -0.2) is 54.9 Å². The van der Waals surface area contributed by atoms with E-state index in [9.17, 15) is 4.79 Å². The molecule has 0 radical (unpaired) electrons. The summed E-state index contributed by atoms with van der Waals surface area (Å²) in [4.78, 5) is 13.3. The Morgan fingerprint density at radius 2 is 1.82 bits per heavy atom. The minimum Gasteiger partial charge on any atom is -0.444 e. The lowest BCUT2D eigenvalue weighted by molar-refractivity contribution is 0.00309. The maximum absolute atomic E-state index is 11.6. The molecule has 0 aromatic heterocycles. The predicted molar refractivity (Wildman–Crippen MR) is 64.5 cm³/mol. The van der Waals surface area contributed by atoms with Crippen LogP contribution in [0.25, 0.3) is 0 Å². The molecule has 6 heteroatoms. The van der Waals surface area contributed by atoms with Gasteiger partial charge in [0.15, 0.2) is 0 Å². The number of hydrogen-bond donors (Lipinski definition) is 3. The van der Waals surface area contributed by atoms with Crippen molar-refractivity contribution < 1.29 is 9.53 Å². The Labute approximate surface area is 102 Å². The van der Waals surface area contributed by atoms with Crippen LogP contribution in [0.5, 0.6) is 0 Å². The third-order valence-electron chi connectivity index (χ3n) is 2.81. The summed E-state index contributed by atoms with van der Waals surface area (Å²) in [7, 11) is 0. The van der Waals surface area contributed by atoms with Crippen LogP contribution in [0.2, 0.25) is 0 Å². The first-order valence-corrected chi connectivity index (χ1v) is 6.14. The Hall–Kier alpha value is -0.850. The van der Waals surface area contributed by atoms with Gasteiger partial charge in [0.05, 0.1) is 6.04 Å². The Morgan fingerprint density at radius 1 is 1.24 bits per heavy atom.